The molecule has 88 valence electrons. The summed E-state index contributed by atoms with van der Waals surface area (Å²) in [7, 11) is 2.28. The number of hydrogen-bond donors (Lipinski definition) is 1. The highest BCUT2D eigenvalue weighted by Gasteiger charge is 2.31. The van der Waals surface area contributed by atoms with Crippen molar-refractivity contribution in [3.8, 4) is 0 Å². The maximum atomic E-state index is 5.68. The van der Waals surface area contributed by atoms with Crippen LogP contribution in [0, 0.1) is 0 Å². The van der Waals surface area contributed by atoms with Gasteiger partial charge in [-0.15, -0.1) is 0 Å². The van der Waals surface area contributed by atoms with E-state index in [9.17, 15) is 0 Å². The molecule has 2 fully saturated rings. The van der Waals surface area contributed by atoms with Crippen molar-refractivity contribution >= 4 is 0 Å². The zero-order chi connectivity index (χ0) is 10.7. The molecule has 15 heavy (non-hydrogen) atoms. The van der Waals surface area contributed by atoms with Crippen LogP contribution in [-0.2, 0) is 0 Å². The van der Waals surface area contributed by atoms with Crippen molar-refractivity contribution in [3.05, 3.63) is 0 Å². The predicted molar refractivity (Wildman–Crippen MR) is 63.9 cm³/mol. The molecule has 0 aromatic rings. The Labute approximate surface area is 93.6 Å². The fourth-order valence-corrected chi connectivity index (χ4v) is 2.67. The fourth-order valence-electron chi connectivity index (χ4n) is 2.67. The number of likely N-dealkylation sites (tertiary alicyclic amines) is 1. The van der Waals surface area contributed by atoms with E-state index >= 15 is 0 Å². The Morgan fingerprint density at radius 1 is 1.27 bits per heavy atom. The highest BCUT2D eigenvalue weighted by molar-refractivity contribution is 4.88. The van der Waals surface area contributed by atoms with Gasteiger partial charge in [0.2, 0.25) is 0 Å². The summed E-state index contributed by atoms with van der Waals surface area (Å²) in [6.07, 6.45) is 6.97. The Morgan fingerprint density at radius 2 is 2.07 bits per heavy atom. The fraction of sp³-hybridized carbons (Fsp3) is 1.00. The van der Waals surface area contributed by atoms with Gasteiger partial charge in [-0.2, -0.15) is 0 Å². The molecule has 2 N–H and O–H groups in total. The summed E-state index contributed by atoms with van der Waals surface area (Å²) in [5.41, 5.74) is 5.68. The van der Waals surface area contributed by atoms with Crippen LogP contribution in [0.1, 0.15) is 32.1 Å². The Hall–Kier alpha value is -0.120. The van der Waals surface area contributed by atoms with Gasteiger partial charge in [0, 0.05) is 31.7 Å². The van der Waals surface area contributed by atoms with Crippen molar-refractivity contribution in [1.29, 1.82) is 0 Å². The monoisotopic (exact) mass is 211 g/mol. The number of nitrogens with two attached hydrogens (primary N) is 1. The summed E-state index contributed by atoms with van der Waals surface area (Å²) in [5.74, 6) is 0. The lowest BCUT2D eigenvalue weighted by atomic mass is 10.0. The van der Waals surface area contributed by atoms with Crippen molar-refractivity contribution in [2.45, 2.75) is 44.2 Å². The van der Waals surface area contributed by atoms with E-state index in [-0.39, 0.29) is 0 Å². The summed E-state index contributed by atoms with van der Waals surface area (Å²) in [5, 5.41) is 0. The van der Waals surface area contributed by atoms with E-state index in [1.165, 1.54) is 45.2 Å². The second-order valence-corrected chi connectivity index (χ2v) is 5.14. The second-order valence-electron chi connectivity index (χ2n) is 5.14. The van der Waals surface area contributed by atoms with Crippen molar-refractivity contribution < 1.29 is 0 Å². The van der Waals surface area contributed by atoms with Crippen LogP contribution in [0.5, 0.6) is 0 Å². The lowest BCUT2D eigenvalue weighted by Gasteiger charge is -2.36. The molecular formula is C12H25N3. The van der Waals surface area contributed by atoms with E-state index in [0.29, 0.717) is 0 Å². The van der Waals surface area contributed by atoms with E-state index in [1.54, 1.807) is 0 Å². The minimum atomic E-state index is 0.783. The Balaban J connectivity index is 1.81. The van der Waals surface area contributed by atoms with Crippen molar-refractivity contribution in [1.82, 2.24) is 9.80 Å². The van der Waals surface area contributed by atoms with Gasteiger partial charge in [-0.3, -0.25) is 4.90 Å². The number of nitrogens with zero attached hydrogens (tertiary/aromatic N) is 2. The topological polar surface area (TPSA) is 32.5 Å². The van der Waals surface area contributed by atoms with Crippen molar-refractivity contribution in [2.24, 2.45) is 5.73 Å². The molecule has 0 aromatic carbocycles. The van der Waals surface area contributed by atoms with E-state index in [2.05, 4.69) is 16.8 Å². The zero-order valence-electron chi connectivity index (χ0n) is 9.99. The largest absolute Gasteiger partial charge is 0.329 e. The summed E-state index contributed by atoms with van der Waals surface area (Å²) in [6, 6.07) is 1.65. The average Bonchev–Trinajstić information content (AvgIpc) is 3.04. The highest BCUT2D eigenvalue weighted by Crippen LogP contribution is 2.28. The SMILES string of the molecule is CN1CCCC[C@@H]1CN(CCN)C1CC1. The molecule has 0 unspecified atom stereocenters. The quantitative estimate of drug-likeness (QED) is 0.733. The first-order chi connectivity index (χ1) is 7.31. The van der Waals surface area contributed by atoms with Crippen LogP contribution in [-0.4, -0.2) is 55.1 Å². The van der Waals surface area contributed by atoms with E-state index in [0.717, 1.165) is 25.2 Å². The Morgan fingerprint density at radius 3 is 2.67 bits per heavy atom. The number of hydrogen-bond acceptors (Lipinski definition) is 3. The van der Waals surface area contributed by atoms with Gasteiger partial charge in [0.15, 0.2) is 0 Å². The molecule has 2 aliphatic rings. The van der Waals surface area contributed by atoms with Gasteiger partial charge in [0.25, 0.3) is 0 Å². The molecule has 1 saturated carbocycles. The van der Waals surface area contributed by atoms with Gasteiger partial charge in [0.1, 0.15) is 0 Å². The van der Waals surface area contributed by atoms with E-state index in [4.69, 9.17) is 5.73 Å². The van der Waals surface area contributed by atoms with Crippen molar-refractivity contribution in [2.75, 3.05) is 33.2 Å². The molecule has 0 radical (unpaired) electrons. The van der Waals surface area contributed by atoms with Gasteiger partial charge in [-0.25, -0.2) is 0 Å². The normalized spacial score (nSPS) is 28.6. The summed E-state index contributed by atoms with van der Waals surface area (Å²) >= 11 is 0. The van der Waals surface area contributed by atoms with E-state index in [1.807, 2.05) is 0 Å². The van der Waals surface area contributed by atoms with Crippen LogP contribution in [0.2, 0.25) is 0 Å². The summed E-state index contributed by atoms with van der Waals surface area (Å²) < 4.78 is 0. The Kier molecular flexibility index (Phi) is 4.00. The molecular weight excluding hydrogens is 186 g/mol. The first-order valence-electron chi connectivity index (χ1n) is 6.45. The molecule has 1 saturated heterocycles. The molecule has 0 spiro atoms. The molecule has 0 bridgehead atoms. The smallest absolute Gasteiger partial charge is 0.0220 e. The standard InChI is InChI=1S/C12H25N3/c1-14-8-3-2-4-12(14)10-15(9-7-13)11-5-6-11/h11-12H,2-10,13H2,1H3/t12-/m1/s1. The molecule has 1 atom stereocenters. The molecule has 1 aliphatic heterocycles. The minimum absolute atomic E-state index is 0.783. The number of piperidine rings is 1. The molecule has 1 aliphatic carbocycles. The molecule has 3 nitrogen and oxygen atoms in total. The second kappa shape index (κ2) is 5.28. The van der Waals surface area contributed by atoms with Crippen LogP contribution in [0.3, 0.4) is 0 Å². The third kappa shape index (κ3) is 3.16. The average molecular weight is 211 g/mol. The molecule has 3 heteroatoms. The predicted octanol–water partition coefficient (Wildman–Crippen LogP) is 0.894. The Bertz CT molecular complexity index is 189. The third-order valence-corrected chi connectivity index (χ3v) is 3.85. The lowest BCUT2D eigenvalue weighted by Crippen LogP contribution is -2.46. The maximum Gasteiger partial charge on any atom is 0.0220 e. The molecule has 1 heterocycles. The molecule has 0 amide bonds. The highest BCUT2D eigenvalue weighted by atomic mass is 15.2. The number of likely N-dealkylation sites (N-methyl/N-ethyl adjacent to an activating group) is 1. The third-order valence-electron chi connectivity index (χ3n) is 3.85. The van der Waals surface area contributed by atoms with Gasteiger partial charge >= 0.3 is 0 Å². The molecule has 2 rings (SSSR count). The zero-order valence-corrected chi connectivity index (χ0v) is 9.99. The van der Waals surface area contributed by atoms with Crippen LogP contribution >= 0.6 is 0 Å². The van der Waals surface area contributed by atoms with Crippen molar-refractivity contribution in [3.63, 3.8) is 0 Å². The maximum absolute atomic E-state index is 5.68. The van der Waals surface area contributed by atoms with Gasteiger partial charge < -0.3 is 10.6 Å². The first-order valence-corrected chi connectivity index (χ1v) is 6.45. The minimum Gasteiger partial charge on any atom is -0.329 e. The first kappa shape index (κ1) is 11.4. The van der Waals surface area contributed by atoms with Gasteiger partial charge in [-0.1, -0.05) is 6.42 Å². The van der Waals surface area contributed by atoms with Gasteiger partial charge in [-0.05, 0) is 39.3 Å². The van der Waals surface area contributed by atoms with Crippen LogP contribution in [0.15, 0.2) is 0 Å². The molecule has 0 aromatic heterocycles. The van der Waals surface area contributed by atoms with Crippen LogP contribution in [0.25, 0.3) is 0 Å². The van der Waals surface area contributed by atoms with Crippen LogP contribution in [0.4, 0.5) is 0 Å². The summed E-state index contributed by atoms with van der Waals surface area (Å²) in [4.78, 5) is 5.15. The van der Waals surface area contributed by atoms with E-state index < -0.39 is 0 Å². The summed E-state index contributed by atoms with van der Waals surface area (Å²) in [6.45, 7) is 4.44. The van der Waals surface area contributed by atoms with Gasteiger partial charge in [0.05, 0.1) is 0 Å². The lowest BCUT2D eigenvalue weighted by molar-refractivity contribution is 0.126. The van der Waals surface area contributed by atoms with Crippen LogP contribution < -0.4 is 5.73 Å². The number of rotatable bonds is 5.